The molecule has 0 fully saturated rings. The van der Waals surface area contributed by atoms with Crippen molar-refractivity contribution >= 4 is 40.5 Å². The van der Waals surface area contributed by atoms with Gasteiger partial charge in [-0.3, -0.25) is 14.9 Å². The van der Waals surface area contributed by atoms with E-state index in [4.69, 9.17) is 17.0 Å². The maximum absolute atomic E-state index is 12.9. The van der Waals surface area contributed by atoms with Crippen LogP contribution in [0.1, 0.15) is 27.6 Å². The first kappa shape index (κ1) is 22.0. The SMILES string of the molecule is CCN(C(=O)c1ccc(NC(=S)NC(=O)c2ccc(OC)cc2)cc1)c1ccccc1. The molecule has 0 aliphatic carbocycles. The number of anilines is 2. The molecule has 3 rings (SSSR count). The number of nitrogens with one attached hydrogen (secondary N) is 2. The van der Waals surface area contributed by atoms with Crippen molar-refractivity contribution in [2.75, 3.05) is 23.9 Å². The van der Waals surface area contributed by atoms with Crippen molar-refractivity contribution in [3.05, 3.63) is 90.0 Å². The third-order valence-electron chi connectivity index (χ3n) is 4.60. The molecule has 0 saturated heterocycles. The van der Waals surface area contributed by atoms with Gasteiger partial charge in [0, 0.05) is 29.0 Å². The van der Waals surface area contributed by atoms with Gasteiger partial charge in [0.1, 0.15) is 5.75 Å². The fourth-order valence-corrected chi connectivity index (χ4v) is 3.19. The molecule has 0 heterocycles. The number of carbonyl (C=O) groups is 2. The number of thiocarbonyl (C=S) groups is 1. The first-order valence-electron chi connectivity index (χ1n) is 9.75. The lowest BCUT2D eigenvalue weighted by Gasteiger charge is -2.21. The molecule has 0 spiro atoms. The normalized spacial score (nSPS) is 10.1. The van der Waals surface area contributed by atoms with Crippen molar-refractivity contribution in [3.63, 3.8) is 0 Å². The third kappa shape index (κ3) is 5.67. The van der Waals surface area contributed by atoms with Gasteiger partial charge < -0.3 is 15.0 Å². The predicted octanol–water partition coefficient (Wildman–Crippen LogP) is 4.49. The molecule has 7 heteroatoms. The lowest BCUT2D eigenvalue weighted by Crippen LogP contribution is -2.34. The van der Waals surface area contributed by atoms with Gasteiger partial charge >= 0.3 is 0 Å². The van der Waals surface area contributed by atoms with E-state index in [1.807, 2.05) is 37.3 Å². The van der Waals surface area contributed by atoms with E-state index in [1.165, 1.54) is 0 Å². The molecule has 0 atom stereocenters. The third-order valence-corrected chi connectivity index (χ3v) is 4.80. The first-order valence-corrected chi connectivity index (χ1v) is 10.2. The number of amides is 2. The number of ether oxygens (including phenoxy) is 1. The van der Waals surface area contributed by atoms with Crippen molar-refractivity contribution in [2.24, 2.45) is 0 Å². The topological polar surface area (TPSA) is 70.7 Å². The molecular weight excluding hydrogens is 410 g/mol. The van der Waals surface area contributed by atoms with Gasteiger partial charge in [0.2, 0.25) is 0 Å². The van der Waals surface area contributed by atoms with Crippen LogP contribution < -0.4 is 20.3 Å². The highest BCUT2D eigenvalue weighted by atomic mass is 32.1. The summed E-state index contributed by atoms with van der Waals surface area (Å²) >= 11 is 5.23. The van der Waals surface area contributed by atoms with Crippen LogP contribution in [-0.2, 0) is 0 Å². The fourth-order valence-electron chi connectivity index (χ4n) is 2.98. The van der Waals surface area contributed by atoms with Crippen LogP contribution in [0.5, 0.6) is 5.75 Å². The molecule has 0 aromatic heterocycles. The Balaban J connectivity index is 1.61. The minimum atomic E-state index is -0.326. The average Bonchev–Trinajstić information content (AvgIpc) is 2.80. The van der Waals surface area contributed by atoms with Crippen molar-refractivity contribution in [3.8, 4) is 5.75 Å². The highest BCUT2D eigenvalue weighted by Crippen LogP contribution is 2.18. The van der Waals surface area contributed by atoms with E-state index >= 15 is 0 Å². The maximum Gasteiger partial charge on any atom is 0.258 e. The number of para-hydroxylation sites is 1. The molecule has 0 unspecified atom stereocenters. The molecule has 0 aliphatic rings. The minimum Gasteiger partial charge on any atom is -0.497 e. The van der Waals surface area contributed by atoms with E-state index in [0.29, 0.717) is 29.1 Å². The molecule has 0 radical (unpaired) electrons. The average molecular weight is 434 g/mol. The summed E-state index contributed by atoms with van der Waals surface area (Å²) in [5, 5.41) is 5.76. The Bertz CT molecular complexity index is 1050. The Labute approximate surface area is 186 Å². The van der Waals surface area contributed by atoms with Crippen LogP contribution >= 0.6 is 12.2 Å². The first-order chi connectivity index (χ1) is 15.0. The number of carbonyl (C=O) groups excluding carboxylic acids is 2. The number of nitrogens with zero attached hydrogens (tertiary/aromatic N) is 1. The highest BCUT2D eigenvalue weighted by Gasteiger charge is 2.16. The summed E-state index contributed by atoms with van der Waals surface area (Å²) in [6.45, 7) is 2.50. The van der Waals surface area contributed by atoms with Gasteiger partial charge in [-0.2, -0.15) is 0 Å². The lowest BCUT2D eigenvalue weighted by molar-refractivity contribution is 0.0973. The van der Waals surface area contributed by atoms with E-state index in [2.05, 4.69) is 10.6 Å². The van der Waals surface area contributed by atoms with Crippen LogP contribution in [0.25, 0.3) is 0 Å². The van der Waals surface area contributed by atoms with Crippen molar-refractivity contribution in [1.82, 2.24) is 5.32 Å². The number of rotatable bonds is 6. The van der Waals surface area contributed by atoms with Crippen LogP contribution in [0, 0.1) is 0 Å². The summed E-state index contributed by atoms with van der Waals surface area (Å²) < 4.78 is 5.09. The summed E-state index contributed by atoms with van der Waals surface area (Å²) in [4.78, 5) is 26.9. The second kappa shape index (κ2) is 10.4. The molecule has 0 saturated carbocycles. The molecule has 6 nitrogen and oxygen atoms in total. The number of hydrogen-bond donors (Lipinski definition) is 2. The number of benzene rings is 3. The van der Waals surface area contributed by atoms with E-state index in [-0.39, 0.29) is 16.9 Å². The van der Waals surface area contributed by atoms with Gasteiger partial charge in [0.25, 0.3) is 11.8 Å². The second-order valence-electron chi connectivity index (χ2n) is 6.60. The smallest absolute Gasteiger partial charge is 0.258 e. The van der Waals surface area contributed by atoms with E-state index in [0.717, 1.165) is 5.69 Å². The van der Waals surface area contributed by atoms with Crippen LogP contribution in [0.15, 0.2) is 78.9 Å². The van der Waals surface area contributed by atoms with Crippen molar-refractivity contribution in [2.45, 2.75) is 6.92 Å². The van der Waals surface area contributed by atoms with Crippen LogP contribution in [0.3, 0.4) is 0 Å². The van der Waals surface area contributed by atoms with Crippen LogP contribution in [0.2, 0.25) is 0 Å². The molecule has 3 aromatic carbocycles. The second-order valence-corrected chi connectivity index (χ2v) is 7.01. The van der Waals surface area contributed by atoms with E-state index in [9.17, 15) is 9.59 Å². The summed E-state index contributed by atoms with van der Waals surface area (Å²) in [7, 11) is 1.56. The van der Waals surface area contributed by atoms with Gasteiger partial charge in [0.15, 0.2) is 5.11 Å². The molecular formula is C24H23N3O3S. The highest BCUT2D eigenvalue weighted by molar-refractivity contribution is 7.80. The van der Waals surface area contributed by atoms with Gasteiger partial charge in [-0.1, -0.05) is 18.2 Å². The standard InChI is InChI=1S/C24H23N3O3S/c1-3-27(20-7-5-4-6-8-20)23(29)18-9-13-19(14-10-18)25-24(31)26-22(28)17-11-15-21(30-2)16-12-17/h4-16H,3H2,1-2H3,(H2,25,26,28,31). The number of hydrogen-bond acceptors (Lipinski definition) is 4. The van der Waals surface area contributed by atoms with Crippen LogP contribution in [-0.4, -0.2) is 30.6 Å². The zero-order valence-corrected chi connectivity index (χ0v) is 18.1. The Morgan fingerprint density at radius 2 is 1.52 bits per heavy atom. The zero-order chi connectivity index (χ0) is 22.2. The Morgan fingerprint density at radius 3 is 2.10 bits per heavy atom. The molecule has 2 amide bonds. The van der Waals surface area contributed by atoms with Crippen molar-refractivity contribution < 1.29 is 14.3 Å². The maximum atomic E-state index is 12.9. The molecule has 158 valence electrons. The summed E-state index contributed by atoms with van der Waals surface area (Å²) in [6.07, 6.45) is 0. The molecule has 2 N–H and O–H groups in total. The quantitative estimate of drug-likeness (QED) is 0.561. The Kier molecular flexibility index (Phi) is 7.35. The molecule has 3 aromatic rings. The largest absolute Gasteiger partial charge is 0.497 e. The lowest BCUT2D eigenvalue weighted by atomic mass is 10.1. The molecule has 0 aliphatic heterocycles. The monoisotopic (exact) mass is 433 g/mol. The fraction of sp³-hybridized carbons (Fsp3) is 0.125. The van der Waals surface area contributed by atoms with E-state index in [1.54, 1.807) is 60.5 Å². The Hall–Kier alpha value is -3.71. The van der Waals surface area contributed by atoms with Crippen molar-refractivity contribution in [1.29, 1.82) is 0 Å². The minimum absolute atomic E-state index is 0.0874. The predicted molar refractivity (Wildman–Crippen MR) is 127 cm³/mol. The summed E-state index contributed by atoms with van der Waals surface area (Å²) in [6, 6.07) is 23.2. The molecule has 31 heavy (non-hydrogen) atoms. The number of methoxy groups -OCH3 is 1. The summed E-state index contributed by atoms with van der Waals surface area (Å²) in [5.74, 6) is 0.254. The van der Waals surface area contributed by atoms with Gasteiger partial charge in [-0.25, -0.2) is 0 Å². The van der Waals surface area contributed by atoms with Gasteiger partial charge in [-0.05, 0) is 79.8 Å². The summed E-state index contributed by atoms with van der Waals surface area (Å²) in [5.41, 5.74) is 2.54. The zero-order valence-electron chi connectivity index (χ0n) is 17.3. The van der Waals surface area contributed by atoms with Crippen LogP contribution in [0.4, 0.5) is 11.4 Å². The molecule has 0 bridgehead atoms. The van der Waals surface area contributed by atoms with E-state index < -0.39 is 0 Å². The van der Waals surface area contributed by atoms with Gasteiger partial charge in [-0.15, -0.1) is 0 Å². The Morgan fingerprint density at radius 1 is 0.903 bits per heavy atom. The van der Waals surface area contributed by atoms with Gasteiger partial charge in [0.05, 0.1) is 7.11 Å².